The number of rotatable bonds is 3. The van der Waals surface area contributed by atoms with Gasteiger partial charge in [0.05, 0.1) is 5.69 Å². The van der Waals surface area contributed by atoms with E-state index in [4.69, 9.17) is 0 Å². The molecule has 0 heterocycles. The summed E-state index contributed by atoms with van der Waals surface area (Å²) in [5.41, 5.74) is 7.69. The lowest BCUT2D eigenvalue weighted by atomic mass is 9.84. The number of halogens is 2. The van der Waals surface area contributed by atoms with Crippen LogP contribution in [0.5, 0.6) is 0 Å². The van der Waals surface area contributed by atoms with Crippen molar-refractivity contribution in [2.24, 2.45) is 0 Å². The van der Waals surface area contributed by atoms with Gasteiger partial charge in [0.1, 0.15) is 0 Å². The lowest BCUT2D eigenvalue weighted by molar-refractivity contribution is 0.589. The van der Waals surface area contributed by atoms with Crippen LogP contribution in [-0.4, -0.2) is 0 Å². The van der Waals surface area contributed by atoms with Crippen molar-refractivity contribution in [1.29, 1.82) is 0 Å². The third kappa shape index (κ3) is 4.57. The molecule has 0 amide bonds. The highest BCUT2D eigenvalue weighted by Gasteiger charge is 2.21. The highest BCUT2D eigenvalue weighted by atomic mass is 127. The molecular weight excluding hydrogens is 509 g/mol. The average molecular weight is 534 g/mol. The number of aryl methyl sites for hydroxylation is 2. The molecule has 0 saturated carbocycles. The fraction of sp³-hybridized carbons (Fsp3) is 0.250. The van der Waals surface area contributed by atoms with Crippen LogP contribution < -0.4 is 4.90 Å². The maximum atomic E-state index is 3.56. The zero-order valence-corrected chi connectivity index (χ0v) is 20.2. The van der Waals surface area contributed by atoms with Gasteiger partial charge in [-0.15, -0.1) is 0 Å². The Hall–Kier alpha value is -1.33. The van der Waals surface area contributed by atoms with Gasteiger partial charge < -0.3 is 4.90 Å². The summed E-state index contributed by atoms with van der Waals surface area (Å²) in [7, 11) is 0. The summed E-state index contributed by atoms with van der Waals surface area (Å²) < 4.78 is 2.33. The predicted octanol–water partition coefficient (Wildman–Crippen LogP) is 8.44. The summed E-state index contributed by atoms with van der Waals surface area (Å²) in [5.74, 6) is 0. The summed E-state index contributed by atoms with van der Waals surface area (Å²) in [6.45, 7) is 11.2. The molecule has 140 valence electrons. The third-order valence-electron chi connectivity index (χ3n) is 4.75. The van der Waals surface area contributed by atoms with Gasteiger partial charge in [-0.1, -0.05) is 48.8 Å². The van der Waals surface area contributed by atoms with Gasteiger partial charge in [0.25, 0.3) is 0 Å². The zero-order chi connectivity index (χ0) is 19.8. The SMILES string of the molecule is Cc1cc(C(C)(C)C)cc(C)c1N(c1ccc(Br)cc1)c1ccc(I)cc1. The zero-order valence-electron chi connectivity index (χ0n) is 16.5. The normalized spacial score (nSPS) is 11.5. The highest BCUT2D eigenvalue weighted by molar-refractivity contribution is 14.1. The van der Waals surface area contributed by atoms with Crippen LogP contribution >= 0.6 is 38.5 Å². The van der Waals surface area contributed by atoms with Gasteiger partial charge in [-0.2, -0.15) is 0 Å². The van der Waals surface area contributed by atoms with Crippen molar-refractivity contribution in [3.05, 3.63) is 85.4 Å². The Bertz CT molecular complexity index is 869. The lowest BCUT2D eigenvalue weighted by Crippen LogP contribution is -2.16. The summed E-state index contributed by atoms with van der Waals surface area (Å²) in [6.07, 6.45) is 0. The molecule has 0 aliphatic heterocycles. The third-order valence-corrected chi connectivity index (χ3v) is 6.00. The summed E-state index contributed by atoms with van der Waals surface area (Å²) in [6, 6.07) is 21.9. The van der Waals surface area contributed by atoms with Gasteiger partial charge in [-0.05, 0) is 107 Å². The molecule has 1 nitrogen and oxygen atoms in total. The molecule has 0 N–H and O–H groups in total. The van der Waals surface area contributed by atoms with Gasteiger partial charge in [0, 0.05) is 19.4 Å². The summed E-state index contributed by atoms with van der Waals surface area (Å²) in [4.78, 5) is 2.36. The first-order chi connectivity index (χ1) is 12.7. The van der Waals surface area contributed by atoms with Crippen LogP contribution in [0.1, 0.15) is 37.5 Å². The number of nitrogens with zero attached hydrogens (tertiary/aromatic N) is 1. The van der Waals surface area contributed by atoms with Crippen LogP contribution in [0.2, 0.25) is 0 Å². The van der Waals surface area contributed by atoms with E-state index < -0.39 is 0 Å². The number of hydrogen-bond acceptors (Lipinski definition) is 1. The minimum Gasteiger partial charge on any atom is -0.310 e. The number of anilines is 3. The standard InChI is InChI=1S/C24H25BrIN/c1-16-14-18(24(3,4)5)15-17(2)23(16)27(21-10-6-19(25)7-11-21)22-12-8-20(26)9-13-22/h6-15H,1-5H3. The van der Waals surface area contributed by atoms with Crippen molar-refractivity contribution in [3.63, 3.8) is 0 Å². The van der Waals surface area contributed by atoms with Gasteiger partial charge in [0.2, 0.25) is 0 Å². The van der Waals surface area contributed by atoms with Gasteiger partial charge in [0.15, 0.2) is 0 Å². The van der Waals surface area contributed by atoms with Crippen LogP contribution in [0.25, 0.3) is 0 Å². The second kappa shape index (κ2) is 7.96. The van der Waals surface area contributed by atoms with E-state index in [2.05, 4.69) is 139 Å². The lowest BCUT2D eigenvalue weighted by Gasteiger charge is -2.30. The van der Waals surface area contributed by atoms with Crippen molar-refractivity contribution < 1.29 is 0 Å². The quantitative estimate of drug-likeness (QED) is 0.305. The first kappa shape index (κ1) is 20.4. The molecule has 0 aliphatic rings. The number of hydrogen-bond donors (Lipinski definition) is 0. The van der Waals surface area contributed by atoms with E-state index >= 15 is 0 Å². The van der Waals surface area contributed by atoms with Crippen molar-refractivity contribution in [2.75, 3.05) is 4.90 Å². The van der Waals surface area contributed by atoms with Crippen LogP contribution in [0.4, 0.5) is 17.1 Å². The molecule has 0 radical (unpaired) electrons. The fourth-order valence-corrected chi connectivity index (χ4v) is 3.95. The first-order valence-corrected chi connectivity index (χ1v) is 11.0. The summed E-state index contributed by atoms with van der Waals surface area (Å²) >= 11 is 5.91. The fourth-order valence-electron chi connectivity index (χ4n) is 3.33. The van der Waals surface area contributed by atoms with Crippen LogP contribution in [0.15, 0.2) is 65.1 Å². The molecule has 0 aliphatic carbocycles. The highest BCUT2D eigenvalue weighted by Crippen LogP contribution is 2.40. The molecule has 3 aromatic carbocycles. The predicted molar refractivity (Wildman–Crippen MR) is 130 cm³/mol. The molecule has 0 saturated heterocycles. The van der Waals surface area contributed by atoms with E-state index in [1.807, 2.05) is 0 Å². The molecule has 3 rings (SSSR count). The monoisotopic (exact) mass is 533 g/mol. The first-order valence-electron chi connectivity index (χ1n) is 9.10. The molecule has 27 heavy (non-hydrogen) atoms. The van der Waals surface area contributed by atoms with Crippen LogP contribution in [0.3, 0.4) is 0 Å². The molecule has 0 spiro atoms. The molecule has 0 unspecified atom stereocenters. The molecule has 3 aromatic rings. The Morgan fingerprint density at radius 3 is 1.67 bits per heavy atom. The molecule has 0 aromatic heterocycles. The molecule has 0 bridgehead atoms. The van der Waals surface area contributed by atoms with Gasteiger partial charge in [-0.3, -0.25) is 0 Å². The van der Waals surface area contributed by atoms with Crippen LogP contribution in [0, 0.1) is 17.4 Å². The minimum atomic E-state index is 0.138. The van der Waals surface area contributed by atoms with E-state index in [0.29, 0.717) is 0 Å². The van der Waals surface area contributed by atoms with E-state index in [0.717, 1.165) is 10.2 Å². The second-order valence-electron chi connectivity index (χ2n) is 8.00. The van der Waals surface area contributed by atoms with E-state index in [1.54, 1.807) is 0 Å². The Balaban J connectivity index is 2.22. The molecule has 0 fully saturated rings. The van der Waals surface area contributed by atoms with E-state index in [1.165, 1.54) is 31.6 Å². The maximum absolute atomic E-state index is 3.56. The van der Waals surface area contributed by atoms with Gasteiger partial charge in [-0.25, -0.2) is 0 Å². The van der Waals surface area contributed by atoms with Crippen molar-refractivity contribution in [1.82, 2.24) is 0 Å². The second-order valence-corrected chi connectivity index (χ2v) is 10.2. The van der Waals surface area contributed by atoms with Crippen LogP contribution in [-0.2, 0) is 5.41 Å². The Morgan fingerprint density at radius 2 is 1.22 bits per heavy atom. The average Bonchev–Trinajstić information content (AvgIpc) is 2.59. The maximum Gasteiger partial charge on any atom is 0.0520 e. The van der Waals surface area contributed by atoms with Gasteiger partial charge >= 0.3 is 0 Å². The molecule has 3 heteroatoms. The van der Waals surface area contributed by atoms with E-state index in [9.17, 15) is 0 Å². The molecule has 0 atom stereocenters. The Labute approximate surface area is 185 Å². The Kier molecular flexibility index (Phi) is 6.02. The molecular formula is C24H25BrIN. The topological polar surface area (TPSA) is 3.24 Å². The van der Waals surface area contributed by atoms with E-state index in [-0.39, 0.29) is 5.41 Å². The van der Waals surface area contributed by atoms with Crippen molar-refractivity contribution in [2.45, 2.75) is 40.0 Å². The summed E-state index contributed by atoms with van der Waals surface area (Å²) in [5, 5.41) is 0. The smallest absolute Gasteiger partial charge is 0.0520 e. The largest absolute Gasteiger partial charge is 0.310 e. The minimum absolute atomic E-state index is 0.138. The number of benzene rings is 3. The Morgan fingerprint density at radius 1 is 0.778 bits per heavy atom. The van der Waals surface area contributed by atoms with Crippen molar-refractivity contribution >= 4 is 55.6 Å². The van der Waals surface area contributed by atoms with Crippen molar-refractivity contribution in [3.8, 4) is 0 Å².